The number of hydrogen-bond donors (Lipinski definition) is 1. The zero-order chi connectivity index (χ0) is 19.0. The first-order valence-corrected chi connectivity index (χ1v) is 10.2. The van der Waals surface area contributed by atoms with E-state index in [-0.39, 0.29) is 29.2 Å². The molecule has 1 saturated carbocycles. The summed E-state index contributed by atoms with van der Waals surface area (Å²) < 4.78 is 0. The van der Waals surface area contributed by atoms with Crippen molar-refractivity contribution in [3.63, 3.8) is 0 Å². The first-order valence-electron chi connectivity index (χ1n) is 10.2. The highest BCUT2D eigenvalue weighted by atomic mass is 16.2. The molecule has 1 aromatic rings. The summed E-state index contributed by atoms with van der Waals surface area (Å²) >= 11 is 0. The van der Waals surface area contributed by atoms with E-state index in [2.05, 4.69) is 4.98 Å². The van der Waals surface area contributed by atoms with E-state index in [4.69, 9.17) is 4.98 Å². The molecule has 4 rings (SSSR count). The lowest BCUT2D eigenvalue weighted by Gasteiger charge is -2.27. The molecule has 0 radical (unpaired) electrons. The Labute approximate surface area is 159 Å². The molecule has 7 nitrogen and oxygen atoms in total. The van der Waals surface area contributed by atoms with E-state index in [1.807, 2.05) is 4.90 Å². The van der Waals surface area contributed by atoms with Gasteiger partial charge in [-0.1, -0.05) is 19.3 Å². The Kier molecular flexibility index (Phi) is 5.02. The van der Waals surface area contributed by atoms with Crippen LogP contribution >= 0.6 is 0 Å². The van der Waals surface area contributed by atoms with E-state index in [0.29, 0.717) is 43.1 Å². The average Bonchev–Trinajstić information content (AvgIpc) is 3.17. The van der Waals surface area contributed by atoms with Crippen molar-refractivity contribution in [1.29, 1.82) is 0 Å². The van der Waals surface area contributed by atoms with E-state index in [9.17, 15) is 14.4 Å². The van der Waals surface area contributed by atoms with Gasteiger partial charge in [0.1, 0.15) is 5.82 Å². The summed E-state index contributed by atoms with van der Waals surface area (Å²) in [5.74, 6) is 1.21. The maximum atomic E-state index is 12.8. The number of nitrogens with zero attached hydrogens (tertiary/aromatic N) is 3. The van der Waals surface area contributed by atoms with Crippen LogP contribution in [0, 0.1) is 5.92 Å². The topological polar surface area (TPSA) is 86.4 Å². The standard InChI is InChI=1S/C20H28N4O3/c1-13(25)23-10-8-16-17(12-23)21-18(22-19(16)26)15-7-9-24(11-15)20(27)14-5-3-2-4-6-14/h14-15H,2-12H2,1H3,(H,21,22,26)/t15-/m1/s1. The minimum atomic E-state index is -0.0877. The van der Waals surface area contributed by atoms with Gasteiger partial charge in [0.2, 0.25) is 11.8 Å². The van der Waals surface area contributed by atoms with E-state index < -0.39 is 0 Å². The first-order chi connectivity index (χ1) is 13.0. The van der Waals surface area contributed by atoms with Crippen molar-refractivity contribution in [3.8, 4) is 0 Å². The third kappa shape index (κ3) is 3.64. The molecule has 7 heteroatoms. The number of hydrogen-bond acceptors (Lipinski definition) is 4. The summed E-state index contributed by atoms with van der Waals surface area (Å²) in [6.07, 6.45) is 6.94. The lowest BCUT2D eigenvalue weighted by atomic mass is 9.88. The summed E-state index contributed by atoms with van der Waals surface area (Å²) in [5, 5.41) is 0. The zero-order valence-corrected chi connectivity index (χ0v) is 16.0. The van der Waals surface area contributed by atoms with Gasteiger partial charge in [0.05, 0.1) is 12.2 Å². The van der Waals surface area contributed by atoms with Crippen LogP contribution in [-0.2, 0) is 22.6 Å². The number of carbonyl (C=O) groups is 2. The first kappa shape index (κ1) is 18.2. The third-order valence-corrected chi connectivity index (χ3v) is 6.38. The zero-order valence-electron chi connectivity index (χ0n) is 16.0. The van der Waals surface area contributed by atoms with Crippen molar-refractivity contribution in [2.45, 2.75) is 64.3 Å². The van der Waals surface area contributed by atoms with E-state index in [1.54, 1.807) is 11.8 Å². The summed E-state index contributed by atoms with van der Waals surface area (Å²) in [6, 6.07) is 0. The van der Waals surface area contributed by atoms with Crippen molar-refractivity contribution >= 4 is 11.8 Å². The van der Waals surface area contributed by atoms with Crippen molar-refractivity contribution in [2.75, 3.05) is 19.6 Å². The number of fused-ring (bicyclic) bond motifs is 1. The molecule has 0 unspecified atom stereocenters. The average molecular weight is 372 g/mol. The van der Waals surface area contributed by atoms with Gasteiger partial charge < -0.3 is 14.8 Å². The van der Waals surface area contributed by atoms with E-state index >= 15 is 0 Å². The van der Waals surface area contributed by atoms with Gasteiger partial charge in [0.25, 0.3) is 5.56 Å². The van der Waals surface area contributed by atoms with Gasteiger partial charge in [-0.25, -0.2) is 4.98 Å². The van der Waals surface area contributed by atoms with Gasteiger partial charge in [0.15, 0.2) is 0 Å². The SMILES string of the molecule is CC(=O)N1CCc2c(nc([C@@H]3CCN(C(=O)C4CCCCC4)C3)[nH]c2=O)C1. The summed E-state index contributed by atoms with van der Waals surface area (Å²) in [4.78, 5) is 48.3. The predicted molar refractivity (Wildman–Crippen MR) is 100 cm³/mol. The molecular formula is C20H28N4O3. The van der Waals surface area contributed by atoms with Crippen LogP contribution in [0.2, 0.25) is 0 Å². The number of rotatable bonds is 2. The normalized spacial score (nSPS) is 23.4. The Morgan fingerprint density at radius 2 is 1.85 bits per heavy atom. The second-order valence-electron chi connectivity index (χ2n) is 8.17. The lowest BCUT2D eigenvalue weighted by molar-refractivity contribution is -0.135. The molecule has 1 saturated heterocycles. The minimum absolute atomic E-state index is 0.00871. The van der Waals surface area contributed by atoms with Crippen molar-refractivity contribution < 1.29 is 9.59 Å². The Morgan fingerprint density at radius 3 is 2.59 bits per heavy atom. The van der Waals surface area contributed by atoms with Crippen LogP contribution in [0.15, 0.2) is 4.79 Å². The number of aromatic amines is 1. The molecule has 1 N–H and O–H groups in total. The van der Waals surface area contributed by atoms with Crippen LogP contribution < -0.4 is 5.56 Å². The maximum absolute atomic E-state index is 12.8. The van der Waals surface area contributed by atoms with Crippen molar-refractivity contribution in [2.24, 2.45) is 5.92 Å². The molecule has 1 atom stereocenters. The largest absolute Gasteiger partial charge is 0.342 e. The van der Waals surface area contributed by atoms with Gasteiger partial charge in [0, 0.05) is 44.0 Å². The molecule has 146 valence electrons. The molecule has 1 aliphatic carbocycles. The number of likely N-dealkylation sites (tertiary alicyclic amines) is 1. The molecule has 2 amide bonds. The molecule has 3 aliphatic rings. The number of nitrogens with one attached hydrogen (secondary N) is 1. The number of aromatic nitrogens is 2. The Morgan fingerprint density at radius 1 is 1.07 bits per heavy atom. The van der Waals surface area contributed by atoms with Crippen LogP contribution in [0.3, 0.4) is 0 Å². The molecule has 0 aromatic carbocycles. The van der Waals surface area contributed by atoms with Gasteiger partial charge in [-0.15, -0.1) is 0 Å². The van der Waals surface area contributed by atoms with Gasteiger partial charge in [-0.3, -0.25) is 14.4 Å². The Balaban J connectivity index is 1.49. The number of amides is 2. The number of H-pyrrole nitrogens is 1. The summed E-state index contributed by atoms with van der Waals surface area (Å²) in [5.41, 5.74) is 1.33. The molecule has 0 spiro atoms. The van der Waals surface area contributed by atoms with Gasteiger partial charge >= 0.3 is 0 Å². The molecule has 2 fully saturated rings. The van der Waals surface area contributed by atoms with Gasteiger partial charge in [-0.05, 0) is 25.7 Å². The Bertz CT molecular complexity index is 797. The van der Waals surface area contributed by atoms with E-state index in [0.717, 1.165) is 38.6 Å². The van der Waals surface area contributed by atoms with Crippen LogP contribution in [0.25, 0.3) is 0 Å². The quantitative estimate of drug-likeness (QED) is 0.854. The highest BCUT2D eigenvalue weighted by molar-refractivity contribution is 5.79. The van der Waals surface area contributed by atoms with Crippen molar-refractivity contribution in [3.05, 3.63) is 27.4 Å². The van der Waals surface area contributed by atoms with Gasteiger partial charge in [-0.2, -0.15) is 0 Å². The van der Waals surface area contributed by atoms with Crippen LogP contribution in [-0.4, -0.2) is 51.2 Å². The van der Waals surface area contributed by atoms with Crippen LogP contribution in [0.4, 0.5) is 0 Å². The fourth-order valence-electron chi connectivity index (χ4n) is 4.71. The molecule has 0 bridgehead atoms. The van der Waals surface area contributed by atoms with E-state index in [1.165, 1.54) is 6.42 Å². The second kappa shape index (κ2) is 7.44. The summed E-state index contributed by atoms with van der Waals surface area (Å²) in [7, 11) is 0. The number of carbonyl (C=O) groups excluding carboxylic acids is 2. The second-order valence-corrected chi connectivity index (χ2v) is 8.17. The monoisotopic (exact) mass is 372 g/mol. The summed E-state index contributed by atoms with van der Waals surface area (Å²) in [6.45, 7) is 3.89. The molecule has 27 heavy (non-hydrogen) atoms. The maximum Gasteiger partial charge on any atom is 0.254 e. The van der Waals surface area contributed by atoms with Crippen LogP contribution in [0.1, 0.15) is 68.4 Å². The molecule has 1 aromatic heterocycles. The fraction of sp³-hybridized carbons (Fsp3) is 0.700. The minimum Gasteiger partial charge on any atom is -0.342 e. The molecule has 3 heterocycles. The highest BCUT2D eigenvalue weighted by Gasteiger charge is 2.34. The highest BCUT2D eigenvalue weighted by Crippen LogP contribution is 2.30. The lowest BCUT2D eigenvalue weighted by Crippen LogP contribution is -2.38. The fourth-order valence-corrected chi connectivity index (χ4v) is 4.71. The molecule has 2 aliphatic heterocycles. The predicted octanol–water partition coefficient (Wildman–Crippen LogP) is 1.57. The van der Waals surface area contributed by atoms with Crippen molar-refractivity contribution in [1.82, 2.24) is 19.8 Å². The Hall–Kier alpha value is -2.18. The molecular weight excluding hydrogens is 344 g/mol. The van der Waals surface area contributed by atoms with Crippen LogP contribution in [0.5, 0.6) is 0 Å². The smallest absolute Gasteiger partial charge is 0.254 e. The third-order valence-electron chi connectivity index (χ3n) is 6.38.